The third-order valence-electron chi connectivity index (χ3n) is 5.77. The van der Waals surface area contributed by atoms with E-state index in [4.69, 9.17) is 23.2 Å². The standard InChI is InChI=1S/C21H11N7O4S3/c1-2-15(33-8-1)21(18-22-4-7-29-18)20(14-10-31-27-25-14,19-23-5-9-34-19)16(13-11-35-28-24-13)17(32-21)12-3-6-30-26-12/h1-11H. The number of aromatic nitrogens is 7. The van der Waals surface area contributed by atoms with Gasteiger partial charge in [-0.05, 0) is 23.0 Å². The lowest BCUT2D eigenvalue weighted by atomic mass is 9.64. The van der Waals surface area contributed by atoms with Crippen molar-refractivity contribution >= 4 is 45.5 Å². The SMILES string of the molecule is c1csc(C2(c3ncco3)OC(c3ccon3)=C(c3csnn3)C2(c2conn2)c2nccs2)c1. The Balaban J connectivity index is 1.72. The van der Waals surface area contributed by atoms with Gasteiger partial charge in [0.25, 0.3) is 0 Å². The third kappa shape index (κ3) is 2.66. The van der Waals surface area contributed by atoms with E-state index >= 15 is 0 Å². The third-order valence-corrected chi connectivity index (χ3v) is 8.14. The average Bonchev–Trinajstić information content (AvgIpc) is 3.71. The molecule has 0 saturated carbocycles. The number of rotatable bonds is 6. The van der Waals surface area contributed by atoms with Gasteiger partial charge < -0.3 is 18.2 Å². The van der Waals surface area contributed by atoms with Crippen molar-refractivity contribution in [1.29, 1.82) is 0 Å². The van der Waals surface area contributed by atoms with Gasteiger partial charge in [0.1, 0.15) is 40.9 Å². The molecule has 14 heteroatoms. The summed E-state index contributed by atoms with van der Waals surface area (Å²) in [5.41, 5.74) is -0.653. The van der Waals surface area contributed by atoms with Crippen LogP contribution >= 0.6 is 34.2 Å². The van der Waals surface area contributed by atoms with Crippen LogP contribution in [0.1, 0.15) is 32.9 Å². The van der Waals surface area contributed by atoms with E-state index in [2.05, 4.69) is 30.1 Å². The highest BCUT2D eigenvalue weighted by Crippen LogP contribution is 2.67. The molecule has 0 fully saturated rings. The van der Waals surface area contributed by atoms with Crippen LogP contribution in [0.4, 0.5) is 0 Å². The number of ether oxygens (including phenoxy) is 1. The molecule has 0 spiro atoms. The van der Waals surface area contributed by atoms with E-state index in [0.717, 1.165) is 4.88 Å². The Bertz CT molecular complexity index is 1490. The lowest BCUT2D eigenvalue weighted by Crippen LogP contribution is -2.50. The first-order valence-corrected chi connectivity index (χ1v) is 12.7. The zero-order chi connectivity index (χ0) is 23.3. The topological polar surface area (TPSA) is 139 Å². The monoisotopic (exact) mass is 521 g/mol. The number of thiazole rings is 1. The van der Waals surface area contributed by atoms with Crippen LogP contribution in [0.15, 0.2) is 79.0 Å². The summed E-state index contributed by atoms with van der Waals surface area (Å²) < 4.78 is 27.6. The number of nitrogens with zero attached hydrogens (tertiary/aromatic N) is 7. The molecular formula is C21H11N7O4S3. The molecule has 0 N–H and O–H groups in total. The summed E-state index contributed by atoms with van der Waals surface area (Å²) in [6.07, 6.45) is 7.73. The molecule has 6 aromatic heterocycles. The first-order valence-electron chi connectivity index (χ1n) is 10.1. The fourth-order valence-electron chi connectivity index (χ4n) is 4.55. The molecule has 0 amide bonds. The predicted octanol–water partition coefficient (Wildman–Crippen LogP) is 4.24. The molecule has 7 heterocycles. The van der Waals surface area contributed by atoms with Gasteiger partial charge in [-0.1, -0.05) is 15.7 Å². The van der Waals surface area contributed by atoms with Gasteiger partial charge in [0.05, 0.1) is 11.1 Å². The van der Waals surface area contributed by atoms with Crippen molar-refractivity contribution in [2.75, 3.05) is 0 Å². The molecule has 0 aromatic carbocycles. The molecular weight excluding hydrogens is 510 g/mol. The predicted molar refractivity (Wildman–Crippen MR) is 123 cm³/mol. The Morgan fingerprint density at radius 1 is 0.914 bits per heavy atom. The fourth-order valence-corrected chi connectivity index (χ4v) is 6.81. The maximum Gasteiger partial charge on any atom is 0.246 e. The molecule has 11 nitrogen and oxygen atoms in total. The highest BCUT2D eigenvalue weighted by atomic mass is 32.1. The molecule has 7 rings (SSSR count). The molecule has 0 bridgehead atoms. The van der Waals surface area contributed by atoms with Crippen molar-refractivity contribution in [3.8, 4) is 0 Å². The minimum atomic E-state index is -1.41. The largest absolute Gasteiger partial charge is 0.467 e. The van der Waals surface area contributed by atoms with Gasteiger partial charge in [0, 0.05) is 33.9 Å². The van der Waals surface area contributed by atoms with Gasteiger partial charge in [0.2, 0.25) is 11.5 Å². The van der Waals surface area contributed by atoms with Gasteiger partial charge >= 0.3 is 0 Å². The number of thiophene rings is 1. The van der Waals surface area contributed by atoms with E-state index in [9.17, 15) is 0 Å². The summed E-state index contributed by atoms with van der Waals surface area (Å²) in [5.74, 6) is 0.689. The van der Waals surface area contributed by atoms with Crippen LogP contribution in [0.25, 0.3) is 11.3 Å². The second kappa shape index (κ2) is 7.76. The second-order valence-corrected chi connectivity index (χ2v) is 9.81. The van der Waals surface area contributed by atoms with Crippen molar-refractivity contribution < 1.29 is 18.2 Å². The Morgan fingerprint density at radius 2 is 1.91 bits per heavy atom. The first kappa shape index (κ1) is 20.4. The number of oxazole rings is 1. The van der Waals surface area contributed by atoms with Crippen LogP contribution in [0.3, 0.4) is 0 Å². The van der Waals surface area contributed by atoms with Gasteiger partial charge in [-0.3, -0.25) is 0 Å². The summed E-state index contributed by atoms with van der Waals surface area (Å²) in [6, 6.07) is 5.59. The zero-order valence-electron chi connectivity index (χ0n) is 17.3. The lowest BCUT2D eigenvalue weighted by Gasteiger charge is -2.40. The summed E-state index contributed by atoms with van der Waals surface area (Å²) in [7, 11) is 0. The van der Waals surface area contributed by atoms with Gasteiger partial charge in [-0.2, -0.15) is 0 Å². The Morgan fingerprint density at radius 3 is 2.57 bits per heavy atom. The van der Waals surface area contributed by atoms with Crippen molar-refractivity contribution in [2.24, 2.45) is 0 Å². The van der Waals surface area contributed by atoms with E-state index in [0.29, 0.717) is 33.4 Å². The van der Waals surface area contributed by atoms with E-state index in [1.54, 1.807) is 18.5 Å². The van der Waals surface area contributed by atoms with Gasteiger partial charge in [-0.15, -0.1) is 32.9 Å². The number of hydrogen-bond acceptors (Lipinski definition) is 14. The zero-order valence-corrected chi connectivity index (χ0v) is 19.8. The smallest absolute Gasteiger partial charge is 0.246 e. The normalized spacial score (nSPS) is 22.1. The Labute approximate surface area is 207 Å². The molecule has 35 heavy (non-hydrogen) atoms. The van der Waals surface area contributed by atoms with Gasteiger partial charge in [0.15, 0.2) is 11.2 Å². The Kier molecular flexibility index (Phi) is 4.52. The number of hydrogen-bond donors (Lipinski definition) is 0. The first-order chi connectivity index (χ1) is 17.4. The molecule has 2 unspecified atom stereocenters. The summed E-state index contributed by atoms with van der Waals surface area (Å²) >= 11 is 4.12. The maximum atomic E-state index is 6.99. The Hall–Kier alpha value is -4.01. The minimum absolute atomic E-state index is 0.289. The highest BCUT2D eigenvalue weighted by Gasteiger charge is 2.72. The van der Waals surface area contributed by atoms with Crippen LogP contribution in [-0.2, 0) is 15.8 Å². The summed E-state index contributed by atoms with van der Waals surface area (Å²) in [6.45, 7) is 0. The summed E-state index contributed by atoms with van der Waals surface area (Å²) in [4.78, 5) is 10.1. The molecule has 6 aromatic rings. The molecule has 2 atom stereocenters. The van der Waals surface area contributed by atoms with Crippen molar-refractivity contribution in [1.82, 2.24) is 35.1 Å². The second-order valence-electron chi connectivity index (χ2n) is 7.35. The van der Waals surface area contributed by atoms with Crippen molar-refractivity contribution in [3.63, 3.8) is 0 Å². The molecule has 172 valence electrons. The summed E-state index contributed by atoms with van der Waals surface area (Å²) in [5, 5.41) is 23.1. The van der Waals surface area contributed by atoms with E-state index < -0.39 is 11.0 Å². The van der Waals surface area contributed by atoms with Crippen molar-refractivity contribution in [3.05, 3.63) is 98.4 Å². The molecule has 1 aliphatic heterocycles. The quantitative estimate of drug-likeness (QED) is 0.311. The highest BCUT2D eigenvalue weighted by molar-refractivity contribution is 7.10. The molecule has 1 aliphatic rings. The molecule has 0 radical (unpaired) electrons. The van der Waals surface area contributed by atoms with Crippen LogP contribution < -0.4 is 0 Å². The van der Waals surface area contributed by atoms with E-state index in [1.807, 2.05) is 28.3 Å². The van der Waals surface area contributed by atoms with E-state index in [1.165, 1.54) is 53.0 Å². The fraction of sp³-hybridized carbons (Fsp3) is 0.0952. The minimum Gasteiger partial charge on any atom is -0.467 e. The van der Waals surface area contributed by atoms with Crippen LogP contribution in [-0.4, -0.2) is 35.1 Å². The van der Waals surface area contributed by atoms with E-state index in [-0.39, 0.29) is 5.89 Å². The maximum absolute atomic E-state index is 6.99. The molecule has 0 aliphatic carbocycles. The van der Waals surface area contributed by atoms with Crippen LogP contribution in [0.5, 0.6) is 0 Å². The lowest BCUT2D eigenvalue weighted by molar-refractivity contribution is 0.0303. The van der Waals surface area contributed by atoms with Crippen LogP contribution in [0.2, 0.25) is 0 Å². The van der Waals surface area contributed by atoms with Gasteiger partial charge in [-0.25, -0.2) is 9.97 Å². The van der Waals surface area contributed by atoms with Crippen LogP contribution in [0, 0.1) is 0 Å². The van der Waals surface area contributed by atoms with Crippen molar-refractivity contribution in [2.45, 2.75) is 11.0 Å². The molecule has 0 saturated heterocycles. The average molecular weight is 522 g/mol.